The van der Waals surface area contributed by atoms with Crippen LogP contribution in [0, 0.1) is 5.92 Å². The largest absolute Gasteiger partial charge is 0.461 e. The first-order chi connectivity index (χ1) is 15.2. The molecule has 5 rings (SSSR count). The molecule has 2 heterocycles. The second kappa shape index (κ2) is 8.74. The zero-order valence-corrected chi connectivity index (χ0v) is 18.3. The van der Waals surface area contributed by atoms with Gasteiger partial charge in [-0.15, -0.1) is 0 Å². The average molecular weight is 418 g/mol. The van der Waals surface area contributed by atoms with E-state index >= 15 is 0 Å². The smallest absolute Gasteiger partial charge is 0.257 e. The Kier molecular flexibility index (Phi) is 5.66. The van der Waals surface area contributed by atoms with Gasteiger partial charge in [-0.1, -0.05) is 37.1 Å². The van der Waals surface area contributed by atoms with Crippen LogP contribution in [0.2, 0.25) is 0 Å². The van der Waals surface area contributed by atoms with Crippen LogP contribution >= 0.6 is 0 Å². The summed E-state index contributed by atoms with van der Waals surface area (Å²) >= 11 is 0. The first-order valence-corrected chi connectivity index (χ1v) is 11.7. The minimum atomic E-state index is 0.120. The molecular weight excluding hydrogens is 386 g/mol. The fourth-order valence-electron chi connectivity index (χ4n) is 5.50. The van der Waals surface area contributed by atoms with Gasteiger partial charge >= 0.3 is 0 Å². The summed E-state index contributed by atoms with van der Waals surface area (Å²) in [7, 11) is 1.91. The molecule has 2 atom stereocenters. The van der Waals surface area contributed by atoms with E-state index in [9.17, 15) is 4.79 Å². The molecule has 1 aromatic carbocycles. The van der Waals surface area contributed by atoms with Crippen LogP contribution in [-0.4, -0.2) is 33.2 Å². The molecule has 3 aliphatic rings. The van der Waals surface area contributed by atoms with E-state index in [-0.39, 0.29) is 5.91 Å². The average Bonchev–Trinajstić information content (AvgIpc) is 3.20. The maximum atomic E-state index is 13.8. The van der Waals surface area contributed by atoms with E-state index in [2.05, 4.69) is 16.1 Å². The molecular formula is C26H31N3O2. The molecule has 0 radical (unpaired) electrons. The van der Waals surface area contributed by atoms with Crippen molar-refractivity contribution in [3.05, 3.63) is 60.0 Å². The van der Waals surface area contributed by atoms with Crippen molar-refractivity contribution in [3.8, 4) is 17.0 Å². The van der Waals surface area contributed by atoms with Crippen molar-refractivity contribution in [1.82, 2.24) is 14.7 Å². The third-order valence-corrected chi connectivity index (χ3v) is 7.03. The van der Waals surface area contributed by atoms with Crippen molar-refractivity contribution >= 4 is 5.91 Å². The molecule has 2 fully saturated rings. The van der Waals surface area contributed by atoms with E-state index in [0.717, 1.165) is 55.0 Å². The Morgan fingerprint density at radius 3 is 2.84 bits per heavy atom. The second-order valence-corrected chi connectivity index (χ2v) is 8.98. The molecule has 1 saturated heterocycles. The van der Waals surface area contributed by atoms with Gasteiger partial charge in [-0.05, 0) is 56.2 Å². The standard InChI is InChI=1S/C26H31N3O2/c1-28-25(21-14-6-8-16-24(21)31-20-12-3-2-4-13-20)22(18-27-28)26(30)29-17-9-11-19-10-5-7-15-23(19)29/h2-3,6,8,12,14,16,18-19,23H,4-5,7,9-11,13,15,17H2,1H3. The summed E-state index contributed by atoms with van der Waals surface area (Å²) < 4.78 is 8.09. The van der Waals surface area contributed by atoms with E-state index in [1.165, 1.54) is 25.7 Å². The van der Waals surface area contributed by atoms with Gasteiger partial charge < -0.3 is 9.64 Å². The lowest BCUT2D eigenvalue weighted by molar-refractivity contribution is 0.0391. The number of carbonyl (C=O) groups excluding carboxylic acids is 1. The van der Waals surface area contributed by atoms with Gasteiger partial charge in [-0.25, -0.2) is 0 Å². The van der Waals surface area contributed by atoms with Crippen molar-refractivity contribution in [2.24, 2.45) is 13.0 Å². The minimum absolute atomic E-state index is 0.120. The van der Waals surface area contributed by atoms with Gasteiger partial charge in [-0.2, -0.15) is 5.10 Å². The molecule has 1 amide bonds. The minimum Gasteiger partial charge on any atom is -0.461 e. The number of hydrogen-bond acceptors (Lipinski definition) is 3. The second-order valence-electron chi connectivity index (χ2n) is 8.98. The molecule has 2 aliphatic carbocycles. The van der Waals surface area contributed by atoms with Crippen LogP contribution in [0.15, 0.2) is 54.4 Å². The summed E-state index contributed by atoms with van der Waals surface area (Å²) in [5, 5.41) is 4.49. The highest BCUT2D eigenvalue weighted by Crippen LogP contribution is 2.38. The van der Waals surface area contributed by atoms with Crippen LogP contribution < -0.4 is 4.74 Å². The normalized spacial score (nSPS) is 23.3. The van der Waals surface area contributed by atoms with Crippen LogP contribution in [-0.2, 0) is 7.05 Å². The molecule has 0 spiro atoms. The first kappa shape index (κ1) is 20.1. The Labute approximate surface area is 184 Å². The van der Waals surface area contributed by atoms with Crippen molar-refractivity contribution < 1.29 is 9.53 Å². The van der Waals surface area contributed by atoms with Crippen molar-refractivity contribution in [2.45, 2.75) is 57.4 Å². The molecule has 2 aromatic rings. The van der Waals surface area contributed by atoms with Gasteiger partial charge in [0.1, 0.15) is 11.5 Å². The predicted octanol–water partition coefficient (Wildman–Crippen LogP) is 5.49. The van der Waals surface area contributed by atoms with E-state index < -0.39 is 0 Å². The zero-order chi connectivity index (χ0) is 21.2. The van der Waals surface area contributed by atoms with Crippen LogP contribution in [0.25, 0.3) is 11.3 Å². The Hall–Kier alpha value is -2.82. The van der Waals surface area contributed by atoms with Gasteiger partial charge in [0.25, 0.3) is 5.91 Å². The summed E-state index contributed by atoms with van der Waals surface area (Å²) in [4.78, 5) is 15.9. The Morgan fingerprint density at radius 2 is 1.97 bits per heavy atom. The van der Waals surface area contributed by atoms with Crippen molar-refractivity contribution in [2.75, 3.05) is 6.54 Å². The number of nitrogens with zero attached hydrogens (tertiary/aromatic N) is 3. The van der Waals surface area contributed by atoms with Gasteiger partial charge in [0.2, 0.25) is 0 Å². The third-order valence-electron chi connectivity index (χ3n) is 7.03. The van der Waals surface area contributed by atoms with E-state index in [1.54, 1.807) is 6.20 Å². The van der Waals surface area contributed by atoms with Crippen LogP contribution in [0.3, 0.4) is 0 Å². The Morgan fingerprint density at radius 1 is 1.13 bits per heavy atom. The summed E-state index contributed by atoms with van der Waals surface area (Å²) in [6, 6.07) is 8.37. The topological polar surface area (TPSA) is 47.4 Å². The Bertz CT molecular complexity index is 1020. The third kappa shape index (κ3) is 3.93. The highest BCUT2D eigenvalue weighted by atomic mass is 16.5. The van der Waals surface area contributed by atoms with Crippen molar-refractivity contribution in [1.29, 1.82) is 0 Å². The number of allylic oxidation sites excluding steroid dienone is 4. The predicted molar refractivity (Wildman–Crippen MR) is 122 cm³/mol. The fraction of sp³-hybridized carbons (Fsp3) is 0.462. The zero-order valence-electron chi connectivity index (χ0n) is 18.3. The number of hydrogen-bond donors (Lipinski definition) is 0. The summed E-state index contributed by atoms with van der Waals surface area (Å²) in [5.41, 5.74) is 2.44. The summed E-state index contributed by atoms with van der Waals surface area (Å²) in [5.74, 6) is 2.50. The maximum Gasteiger partial charge on any atom is 0.257 e. The lowest BCUT2D eigenvalue weighted by atomic mass is 9.78. The molecule has 1 aliphatic heterocycles. The van der Waals surface area contributed by atoms with E-state index in [0.29, 0.717) is 17.5 Å². The fourth-order valence-corrected chi connectivity index (χ4v) is 5.50. The van der Waals surface area contributed by atoms with E-state index in [4.69, 9.17) is 4.74 Å². The van der Waals surface area contributed by atoms with Crippen LogP contribution in [0.1, 0.15) is 61.7 Å². The summed E-state index contributed by atoms with van der Waals surface area (Å²) in [6.45, 7) is 0.853. The molecule has 0 bridgehead atoms. The van der Waals surface area contributed by atoms with Crippen LogP contribution in [0.5, 0.6) is 5.75 Å². The van der Waals surface area contributed by atoms with Crippen LogP contribution in [0.4, 0.5) is 0 Å². The number of carbonyl (C=O) groups is 1. The number of ether oxygens (including phenoxy) is 1. The SMILES string of the molecule is Cn1ncc(C(=O)N2CCCC3CCCCC32)c1-c1ccccc1OC1=CC=CCC1. The number of piperidine rings is 1. The lowest BCUT2D eigenvalue weighted by Crippen LogP contribution is -2.49. The molecule has 1 aromatic heterocycles. The number of rotatable bonds is 4. The number of aryl methyl sites for hydroxylation is 1. The van der Waals surface area contributed by atoms with E-state index in [1.807, 2.05) is 48.1 Å². The molecule has 2 unspecified atom stereocenters. The monoisotopic (exact) mass is 417 g/mol. The number of benzene rings is 1. The van der Waals surface area contributed by atoms with Crippen molar-refractivity contribution in [3.63, 3.8) is 0 Å². The first-order valence-electron chi connectivity index (χ1n) is 11.7. The van der Waals surface area contributed by atoms with Gasteiger partial charge in [0.05, 0.1) is 17.5 Å². The quantitative estimate of drug-likeness (QED) is 0.660. The highest BCUT2D eigenvalue weighted by Gasteiger charge is 2.37. The molecule has 5 heteroatoms. The van der Waals surface area contributed by atoms with Gasteiger partial charge in [-0.3, -0.25) is 9.48 Å². The lowest BCUT2D eigenvalue weighted by Gasteiger charge is -2.44. The Balaban J connectivity index is 1.49. The number of fused-ring (bicyclic) bond motifs is 1. The number of likely N-dealkylation sites (tertiary alicyclic amines) is 1. The number of para-hydroxylation sites is 1. The highest BCUT2D eigenvalue weighted by molar-refractivity contribution is 6.00. The number of amides is 1. The molecule has 31 heavy (non-hydrogen) atoms. The molecule has 0 N–H and O–H groups in total. The molecule has 1 saturated carbocycles. The van der Waals surface area contributed by atoms with Gasteiger partial charge in [0.15, 0.2) is 0 Å². The molecule has 162 valence electrons. The molecule has 5 nitrogen and oxygen atoms in total. The van der Waals surface area contributed by atoms with Gasteiger partial charge in [0, 0.05) is 31.6 Å². The summed E-state index contributed by atoms with van der Waals surface area (Å²) in [6.07, 6.45) is 17.1. The number of aromatic nitrogens is 2. The maximum absolute atomic E-state index is 13.8.